The Balaban J connectivity index is 1.89. The summed E-state index contributed by atoms with van der Waals surface area (Å²) in [6.45, 7) is 3.68. The van der Waals surface area contributed by atoms with Gasteiger partial charge in [0, 0.05) is 23.3 Å². The number of aromatic hydroxyl groups is 4. The Morgan fingerprint density at radius 2 is 0.950 bits per heavy atom. The minimum Gasteiger partial charge on any atom is -0.508 e. The maximum Gasteiger partial charge on any atom is 0.148 e. The lowest BCUT2D eigenvalue weighted by molar-refractivity contribution is -0.122. The maximum absolute atomic E-state index is 14.6. The molecular weight excluding hydrogens is 514 g/mol. The van der Waals surface area contributed by atoms with E-state index in [-0.39, 0.29) is 41.6 Å². The van der Waals surface area contributed by atoms with Crippen molar-refractivity contribution in [2.45, 2.75) is 51.4 Å². The fraction of sp³-hybridized carbons (Fsp3) is 0.242. The molecule has 4 rings (SSSR count). The van der Waals surface area contributed by atoms with E-state index >= 15 is 0 Å². The number of benzene rings is 4. The molecule has 40 heavy (non-hydrogen) atoms. The lowest BCUT2D eigenvalue weighted by Gasteiger charge is -2.26. The Bertz CT molecular complexity index is 1380. The van der Waals surface area contributed by atoms with Crippen LogP contribution in [0.3, 0.4) is 0 Å². The maximum atomic E-state index is 14.6. The highest BCUT2D eigenvalue weighted by Gasteiger charge is 2.34. The molecule has 0 radical (unpaired) electrons. The highest BCUT2D eigenvalue weighted by atomic mass is 19.1. The van der Waals surface area contributed by atoms with Crippen LogP contribution in [0.25, 0.3) is 0 Å². The second kappa shape index (κ2) is 12.2. The number of Topliss-reactive ketones (excluding diaryl/α,β-unsaturated/α-hetero) is 1. The molecule has 2 unspecified atom stereocenters. The van der Waals surface area contributed by atoms with Crippen LogP contribution in [0.2, 0.25) is 0 Å². The van der Waals surface area contributed by atoms with Gasteiger partial charge in [-0.05, 0) is 84.3 Å². The van der Waals surface area contributed by atoms with Gasteiger partial charge in [0.25, 0.3) is 0 Å². The van der Waals surface area contributed by atoms with Crippen LogP contribution in [0, 0.1) is 11.6 Å². The Morgan fingerprint density at radius 3 is 1.27 bits per heavy atom. The summed E-state index contributed by atoms with van der Waals surface area (Å²) in [6, 6.07) is 17.0. The number of hydrogen-bond donors (Lipinski definition) is 4. The molecule has 7 heteroatoms. The number of aryl methyl sites for hydroxylation is 2. The molecular formula is C33H32F2O5. The van der Waals surface area contributed by atoms with Gasteiger partial charge in [-0.25, -0.2) is 8.78 Å². The van der Waals surface area contributed by atoms with Crippen molar-refractivity contribution in [1.29, 1.82) is 0 Å². The first-order valence-corrected chi connectivity index (χ1v) is 13.2. The zero-order valence-corrected chi connectivity index (χ0v) is 22.4. The molecule has 0 bridgehead atoms. The van der Waals surface area contributed by atoms with E-state index in [1.54, 1.807) is 36.4 Å². The van der Waals surface area contributed by atoms with Crippen LogP contribution in [0.4, 0.5) is 8.78 Å². The standard InChI is InChI=1S/C33H32F2O5/c1-3-21-15-25(31(38)17-29(21)36)27(13-19-5-9-23(34)10-6-19)33(40)28(14-20-7-11-24(35)12-8-20)26-16-22(4-2)30(37)18-32(26)39/h5-12,15-18,27-28,36-39H,3-4,13-14H2,1-2H3. The fourth-order valence-corrected chi connectivity index (χ4v) is 5.09. The van der Waals surface area contributed by atoms with Gasteiger partial charge in [0.15, 0.2) is 0 Å². The minimum absolute atomic E-state index is 0.0941. The quantitative estimate of drug-likeness (QED) is 0.175. The first kappa shape index (κ1) is 28.6. The van der Waals surface area contributed by atoms with Gasteiger partial charge in [-0.1, -0.05) is 38.1 Å². The lowest BCUT2D eigenvalue weighted by Crippen LogP contribution is -2.25. The fourth-order valence-electron chi connectivity index (χ4n) is 5.09. The predicted molar refractivity (Wildman–Crippen MR) is 149 cm³/mol. The van der Waals surface area contributed by atoms with Crippen LogP contribution < -0.4 is 0 Å². The molecule has 4 N–H and O–H groups in total. The molecule has 0 aliphatic rings. The monoisotopic (exact) mass is 546 g/mol. The molecule has 0 aliphatic carbocycles. The molecule has 0 spiro atoms. The molecule has 0 saturated carbocycles. The van der Waals surface area contributed by atoms with E-state index in [1.165, 1.54) is 36.4 Å². The number of phenolic OH excluding ortho intramolecular Hbond substituents is 4. The van der Waals surface area contributed by atoms with Crippen LogP contribution in [0.1, 0.15) is 59.1 Å². The molecule has 0 aromatic heterocycles. The number of hydrogen-bond acceptors (Lipinski definition) is 5. The van der Waals surface area contributed by atoms with Gasteiger partial charge in [0.05, 0.1) is 11.8 Å². The molecule has 0 heterocycles. The van der Waals surface area contributed by atoms with Gasteiger partial charge in [0.2, 0.25) is 0 Å². The average Bonchev–Trinajstić information content (AvgIpc) is 2.93. The minimum atomic E-state index is -0.944. The molecule has 0 aliphatic heterocycles. The van der Waals surface area contributed by atoms with E-state index in [9.17, 15) is 34.0 Å². The van der Waals surface area contributed by atoms with Crippen molar-refractivity contribution >= 4 is 5.78 Å². The largest absolute Gasteiger partial charge is 0.508 e. The second-order valence-electron chi connectivity index (χ2n) is 9.96. The van der Waals surface area contributed by atoms with Gasteiger partial charge in [-0.3, -0.25) is 4.79 Å². The zero-order valence-electron chi connectivity index (χ0n) is 22.4. The van der Waals surface area contributed by atoms with Crippen LogP contribution in [0.15, 0.2) is 72.8 Å². The predicted octanol–water partition coefficient (Wildman–Crippen LogP) is 6.83. The molecule has 5 nitrogen and oxygen atoms in total. The smallest absolute Gasteiger partial charge is 0.148 e. The first-order chi connectivity index (χ1) is 19.1. The molecule has 0 saturated heterocycles. The van der Waals surface area contributed by atoms with Crippen LogP contribution >= 0.6 is 0 Å². The highest BCUT2D eigenvalue weighted by molar-refractivity contribution is 5.93. The molecule has 4 aromatic carbocycles. The normalized spacial score (nSPS) is 12.7. The van der Waals surface area contributed by atoms with Crippen molar-refractivity contribution in [2.24, 2.45) is 0 Å². The topological polar surface area (TPSA) is 98.0 Å². The molecule has 0 fully saturated rings. The van der Waals surface area contributed by atoms with E-state index in [0.29, 0.717) is 46.2 Å². The van der Waals surface area contributed by atoms with E-state index < -0.39 is 23.5 Å². The van der Waals surface area contributed by atoms with Gasteiger partial charge in [0.1, 0.15) is 40.4 Å². The molecule has 208 valence electrons. The van der Waals surface area contributed by atoms with Crippen molar-refractivity contribution in [1.82, 2.24) is 0 Å². The van der Waals surface area contributed by atoms with Crippen LogP contribution in [0.5, 0.6) is 23.0 Å². The van der Waals surface area contributed by atoms with Crippen molar-refractivity contribution in [2.75, 3.05) is 0 Å². The summed E-state index contributed by atoms with van der Waals surface area (Å²) >= 11 is 0. The van der Waals surface area contributed by atoms with Gasteiger partial charge >= 0.3 is 0 Å². The van der Waals surface area contributed by atoms with Crippen molar-refractivity contribution in [3.05, 3.63) is 118 Å². The number of carbonyl (C=O) groups is 1. The van der Waals surface area contributed by atoms with Gasteiger partial charge < -0.3 is 20.4 Å². The number of halogens is 2. The third-order valence-corrected chi connectivity index (χ3v) is 7.36. The first-order valence-electron chi connectivity index (χ1n) is 13.2. The number of ketones is 1. The summed E-state index contributed by atoms with van der Waals surface area (Å²) in [4.78, 5) is 14.6. The molecule has 0 amide bonds. The Hall–Kier alpha value is -4.39. The van der Waals surface area contributed by atoms with Crippen LogP contribution in [-0.4, -0.2) is 26.2 Å². The Morgan fingerprint density at radius 1 is 0.600 bits per heavy atom. The summed E-state index contributed by atoms with van der Waals surface area (Å²) in [7, 11) is 0. The van der Waals surface area contributed by atoms with E-state index in [1.807, 2.05) is 13.8 Å². The van der Waals surface area contributed by atoms with Crippen molar-refractivity contribution < 1.29 is 34.0 Å². The van der Waals surface area contributed by atoms with Gasteiger partial charge in [-0.15, -0.1) is 0 Å². The lowest BCUT2D eigenvalue weighted by atomic mass is 9.77. The van der Waals surface area contributed by atoms with E-state index in [4.69, 9.17) is 0 Å². The number of phenols is 4. The average molecular weight is 547 g/mol. The molecule has 4 aromatic rings. The Labute approximate surface area is 232 Å². The number of rotatable bonds is 10. The van der Waals surface area contributed by atoms with Crippen LogP contribution in [-0.2, 0) is 30.5 Å². The molecule has 2 atom stereocenters. The summed E-state index contributed by atoms with van der Waals surface area (Å²) in [6.07, 6.45) is 1.13. The second-order valence-corrected chi connectivity index (χ2v) is 9.96. The van der Waals surface area contributed by atoms with Crippen molar-refractivity contribution in [3.8, 4) is 23.0 Å². The number of carbonyl (C=O) groups excluding carboxylic acids is 1. The third kappa shape index (κ3) is 6.25. The Kier molecular flexibility index (Phi) is 8.73. The SMILES string of the molecule is CCc1cc(C(Cc2ccc(F)cc2)C(=O)C(Cc2ccc(F)cc2)c2cc(CC)c(O)cc2O)c(O)cc1O. The van der Waals surface area contributed by atoms with E-state index in [2.05, 4.69) is 0 Å². The van der Waals surface area contributed by atoms with E-state index in [0.717, 1.165) is 0 Å². The summed E-state index contributed by atoms with van der Waals surface area (Å²) in [5.74, 6) is -3.81. The zero-order chi connectivity index (χ0) is 29.0. The highest BCUT2D eigenvalue weighted by Crippen LogP contribution is 2.41. The summed E-state index contributed by atoms with van der Waals surface area (Å²) < 4.78 is 27.3. The summed E-state index contributed by atoms with van der Waals surface area (Å²) in [5.41, 5.74) is 2.97. The van der Waals surface area contributed by atoms with Crippen molar-refractivity contribution in [3.63, 3.8) is 0 Å². The summed E-state index contributed by atoms with van der Waals surface area (Å²) in [5, 5.41) is 42.4. The van der Waals surface area contributed by atoms with Gasteiger partial charge in [-0.2, -0.15) is 0 Å². The third-order valence-electron chi connectivity index (χ3n) is 7.36.